The summed E-state index contributed by atoms with van der Waals surface area (Å²) in [7, 11) is 0. The Labute approximate surface area is 92.7 Å². The Morgan fingerprint density at radius 1 is 1.33 bits per heavy atom. The Balaban J connectivity index is 3.12. The Hall–Kier alpha value is -1.29. The molecule has 0 N–H and O–H groups in total. The Morgan fingerprint density at radius 3 is 2.60 bits per heavy atom. The van der Waals surface area contributed by atoms with Gasteiger partial charge in [0.1, 0.15) is 0 Å². The van der Waals surface area contributed by atoms with Crippen molar-refractivity contribution in [1.82, 2.24) is 0 Å². The highest BCUT2D eigenvalue weighted by Crippen LogP contribution is 2.26. The lowest BCUT2D eigenvalue weighted by Crippen LogP contribution is -2.01. The topological polar surface area (TPSA) is 23.8 Å². The van der Waals surface area contributed by atoms with Crippen LogP contribution < -0.4 is 0 Å². The molecule has 0 fully saturated rings. The van der Waals surface area contributed by atoms with E-state index in [4.69, 9.17) is 5.26 Å². The molecule has 1 aromatic rings. The highest BCUT2D eigenvalue weighted by atomic mass is 14.3. The van der Waals surface area contributed by atoms with E-state index in [2.05, 4.69) is 32.9 Å². The molecule has 0 aliphatic rings. The van der Waals surface area contributed by atoms with Crippen LogP contribution in [0.5, 0.6) is 0 Å². The highest BCUT2D eigenvalue weighted by molar-refractivity contribution is 5.44. The largest absolute Gasteiger partial charge is 0.192 e. The summed E-state index contributed by atoms with van der Waals surface area (Å²) in [5, 5.41) is 9.04. The fourth-order valence-electron chi connectivity index (χ4n) is 2.15. The molecule has 1 unspecified atom stereocenters. The molecule has 1 heteroatoms. The van der Waals surface area contributed by atoms with Crippen molar-refractivity contribution < 1.29 is 0 Å². The lowest BCUT2D eigenvalue weighted by molar-refractivity contribution is 0.658. The van der Waals surface area contributed by atoms with Crippen molar-refractivity contribution in [2.24, 2.45) is 0 Å². The van der Waals surface area contributed by atoms with Crippen molar-refractivity contribution in [2.45, 2.75) is 46.0 Å². The van der Waals surface area contributed by atoms with Gasteiger partial charge < -0.3 is 0 Å². The van der Waals surface area contributed by atoms with Crippen LogP contribution in [0.1, 0.15) is 56.2 Å². The second-order valence-electron chi connectivity index (χ2n) is 4.03. The van der Waals surface area contributed by atoms with E-state index in [0.29, 0.717) is 5.92 Å². The number of rotatable bonds is 4. The number of hydrogen-bond acceptors (Lipinski definition) is 1. The van der Waals surface area contributed by atoms with Gasteiger partial charge in [-0.25, -0.2) is 0 Å². The van der Waals surface area contributed by atoms with Gasteiger partial charge >= 0.3 is 0 Å². The average Bonchev–Trinajstić information content (AvgIpc) is 2.28. The first-order valence-corrected chi connectivity index (χ1v) is 5.76. The minimum absolute atomic E-state index is 0.568. The van der Waals surface area contributed by atoms with E-state index >= 15 is 0 Å². The van der Waals surface area contributed by atoms with Crippen LogP contribution in [0.4, 0.5) is 0 Å². The van der Waals surface area contributed by atoms with Crippen LogP contribution in [-0.2, 0) is 6.42 Å². The van der Waals surface area contributed by atoms with Crippen molar-refractivity contribution in [1.29, 1.82) is 5.26 Å². The summed E-state index contributed by atoms with van der Waals surface area (Å²) in [6.45, 7) is 6.58. The molecule has 0 aliphatic carbocycles. The predicted molar refractivity (Wildman–Crippen MR) is 63.9 cm³/mol. The van der Waals surface area contributed by atoms with Gasteiger partial charge in [0, 0.05) is 0 Å². The summed E-state index contributed by atoms with van der Waals surface area (Å²) in [5.74, 6) is 0.568. The van der Waals surface area contributed by atoms with Gasteiger partial charge in [-0.3, -0.25) is 0 Å². The SMILES string of the molecule is CCCC(C)c1cccc(C#N)c1CC. The minimum Gasteiger partial charge on any atom is -0.192 e. The molecule has 1 aromatic carbocycles. The third-order valence-corrected chi connectivity index (χ3v) is 2.94. The van der Waals surface area contributed by atoms with Crippen LogP contribution in [-0.4, -0.2) is 0 Å². The predicted octanol–water partition coefficient (Wildman–Crippen LogP) is 4.02. The third-order valence-electron chi connectivity index (χ3n) is 2.94. The van der Waals surface area contributed by atoms with Gasteiger partial charge in [-0.1, -0.05) is 39.3 Å². The van der Waals surface area contributed by atoms with E-state index in [1.165, 1.54) is 24.0 Å². The Bertz CT molecular complexity index is 360. The van der Waals surface area contributed by atoms with Crippen LogP contribution in [0.3, 0.4) is 0 Å². The number of nitriles is 1. The number of nitrogens with zero attached hydrogens (tertiary/aromatic N) is 1. The first-order chi connectivity index (χ1) is 7.24. The molecule has 0 saturated heterocycles. The van der Waals surface area contributed by atoms with E-state index in [1.807, 2.05) is 12.1 Å². The molecule has 0 heterocycles. The quantitative estimate of drug-likeness (QED) is 0.721. The summed E-state index contributed by atoms with van der Waals surface area (Å²) >= 11 is 0. The van der Waals surface area contributed by atoms with Crippen LogP contribution in [0.25, 0.3) is 0 Å². The molecular formula is C14H19N. The molecule has 0 aliphatic heterocycles. The van der Waals surface area contributed by atoms with E-state index < -0.39 is 0 Å². The molecule has 0 radical (unpaired) electrons. The lowest BCUT2D eigenvalue weighted by atomic mass is 9.89. The highest BCUT2D eigenvalue weighted by Gasteiger charge is 2.11. The van der Waals surface area contributed by atoms with Crippen molar-refractivity contribution in [3.8, 4) is 6.07 Å². The lowest BCUT2D eigenvalue weighted by Gasteiger charge is -2.15. The van der Waals surface area contributed by atoms with Crippen molar-refractivity contribution in [3.63, 3.8) is 0 Å². The summed E-state index contributed by atoms with van der Waals surface area (Å²) < 4.78 is 0. The van der Waals surface area contributed by atoms with Gasteiger partial charge in [0.2, 0.25) is 0 Å². The molecule has 0 amide bonds. The van der Waals surface area contributed by atoms with E-state index in [-0.39, 0.29) is 0 Å². The first-order valence-electron chi connectivity index (χ1n) is 5.76. The fraction of sp³-hybridized carbons (Fsp3) is 0.500. The molecule has 0 saturated carbocycles. The zero-order valence-electron chi connectivity index (χ0n) is 9.88. The summed E-state index contributed by atoms with van der Waals surface area (Å²) in [4.78, 5) is 0. The van der Waals surface area contributed by atoms with Gasteiger partial charge in [0.05, 0.1) is 11.6 Å². The second kappa shape index (κ2) is 5.56. The monoisotopic (exact) mass is 201 g/mol. The average molecular weight is 201 g/mol. The maximum Gasteiger partial charge on any atom is 0.0994 e. The molecular weight excluding hydrogens is 182 g/mol. The van der Waals surface area contributed by atoms with E-state index in [9.17, 15) is 0 Å². The van der Waals surface area contributed by atoms with Crippen molar-refractivity contribution in [2.75, 3.05) is 0 Å². The van der Waals surface area contributed by atoms with Crippen molar-refractivity contribution >= 4 is 0 Å². The maximum atomic E-state index is 9.04. The standard InChI is InChI=1S/C14H19N/c1-4-7-11(3)14-9-6-8-12(10-15)13(14)5-2/h6,8-9,11H,4-5,7H2,1-3H3. The fourth-order valence-corrected chi connectivity index (χ4v) is 2.15. The summed E-state index contributed by atoms with van der Waals surface area (Å²) in [6, 6.07) is 8.37. The summed E-state index contributed by atoms with van der Waals surface area (Å²) in [6.07, 6.45) is 3.34. The third kappa shape index (κ3) is 2.59. The van der Waals surface area contributed by atoms with Crippen LogP contribution >= 0.6 is 0 Å². The Morgan fingerprint density at radius 2 is 2.07 bits per heavy atom. The van der Waals surface area contributed by atoms with E-state index in [1.54, 1.807) is 0 Å². The molecule has 80 valence electrons. The molecule has 0 bridgehead atoms. The maximum absolute atomic E-state index is 9.04. The molecule has 1 atom stereocenters. The van der Waals surface area contributed by atoms with Crippen LogP contribution in [0.15, 0.2) is 18.2 Å². The van der Waals surface area contributed by atoms with Gasteiger partial charge in [-0.05, 0) is 36.0 Å². The van der Waals surface area contributed by atoms with Gasteiger partial charge in [-0.2, -0.15) is 5.26 Å². The minimum atomic E-state index is 0.568. The van der Waals surface area contributed by atoms with Gasteiger partial charge in [0.25, 0.3) is 0 Å². The van der Waals surface area contributed by atoms with E-state index in [0.717, 1.165) is 12.0 Å². The molecule has 1 rings (SSSR count). The first kappa shape index (κ1) is 11.8. The Kier molecular flexibility index (Phi) is 4.37. The number of hydrogen-bond donors (Lipinski definition) is 0. The molecule has 0 aromatic heterocycles. The zero-order chi connectivity index (χ0) is 11.3. The molecule has 15 heavy (non-hydrogen) atoms. The van der Waals surface area contributed by atoms with Crippen LogP contribution in [0.2, 0.25) is 0 Å². The van der Waals surface area contributed by atoms with Crippen LogP contribution in [0, 0.1) is 11.3 Å². The molecule has 0 spiro atoms. The zero-order valence-corrected chi connectivity index (χ0v) is 9.88. The number of benzene rings is 1. The smallest absolute Gasteiger partial charge is 0.0994 e. The van der Waals surface area contributed by atoms with Crippen molar-refractivity contribution in [3.05, 3.63) is 34.9 Å². The van der Waals surface area contributed by atoms with Gasteiger partial charge in [-0.15, -0.1) is 0 Å². The van der Waals surface area contributed by atoms with Gasteiger partial charge in [0.15, 0.2) is 0 Å². The second-order valence-corrected chi connectivity index (χ2v) is 4.03. The normalized spacial score (nSPS) is 12.1. The summed E-state index contributed by atoms with van der Waals surface area (Å²) in [5.41, 5.74) is 3.44. The molecule has 1 nitrogen and oxygen atoms in total.